The molecular formula is C63H54N3OPt-. The molecule has 0 unspecified atom stereocenters. The average Bonchev–Trinajstić information content (AvgIpc) is 3.73. The Balaban J connectivity index is 0.00000578. The van der Waals surface area contributed by atoms with Gasteiger partial charge in [-0.1, -0.05) is 209 Å². The van der Waals surface area contributed by atoms with E-state index < -0.39 is 0 Å². The van der Waals surface area contributed by atoms with Gasteiger partial charge in [0.05, 0.1) is 22.3 Å². The van der Waals surface area contributed by atoms with Crippen LogP contribution in [0.2, 0.25) is 0 Å². The summed E-state index contributed by atoms with van der Waals surface area (Å²) in [5.74, 6) is 0.914. The van der Waals surface area contributed by atoms with Gasteiger partial charge in [0.1, 0.15) is 11.6 Å². The summed E-state index contributed by atoms with van der Waals surface area (Å²) >= 11 is 0. The summed E-state index contributed by atoms with van der Waals surface area (Å²) in [6.45, 7) is 15.3. The first-order valence-electron chi connectivity index (χ1n) is 23.1. The number of benzene rings is 8. The number of aromatic nitrogens is 3. The third kappa shape index (κ3) is 9.02. The molecule has 5 heteroatoms. The number of aromatic hydroxyl groups is 1. The van der Waals surface area contributed by atoms with Crippen molar-refractivity contribution < 1.29 is 26.2 Å². The fourth-order valence-electron chi connectivity index (χ4n) is 9.14. The predicted octanol–water partition coefficient (Wildman–Crippen LogP) is 16.5. The average molecular weight is 1060 g/mol. The largest absolute Gasteiger partial charge is 0.507 e. The summed E-state index contributed by atoms with van der Waals surface area (Å²) in [4.78, 5) is 10.6. The van der Waals surface area contributed by atoms with Gasteiger partial charge in [-0.2, -0.15) is 0 Å². The molecule has 0 aliphatic heterocycles. The van der Waals surface area contributed by atoms with Crippen LogP contribution in [0.3, 0.4) is 0 Å². The van der Waals surface area contributed by atoms with Gasteiger partial charge in [-0.15, -0.1) is 23.8 Å². The Bertz CT molecular complexity index is 3420. The molecule has 0 fully saturated rings. The topological polar surface area (TPSA) is 50.9 Å². The zero-order valence-electron chi connectivity index (χ0n) is 39.6. The summed E-state index contributed by atoms with van der Waals surface area (Å²) < 4.78 is 2.25. The van der Waals surface area contributed by atoms with E-state index in [2.05, 4.69) is 235 Å². The molecule has 338 valence electrons. The van der Waals surface area contributed by atoms with E-state index in [1.54, 1.807) is 0 Å². The molecule has 10 aromatic rings. The van der Waals surface area contributed by atoms with Gasteiger partial charge >= 0.3 is 0 Å². The van der Waals surface area contributed by atoms with Crippen LogP contribution in [0.15, 0.2) is 194 Å². The van der Waals surface area contributed by atoms with E-state index in [1.165, 1.54) is 11.1 Å². The Kier molecular flexibility index (Phi) is 12.5. The van der Waals surface area contributed by atoms with Crippen LogP contribution in [0, 0.1) is 13.0 Å². The fourth-order valence-corrected chi connectivity index (χ4v) is 9.14. The molecule has 0 bridgehead atoms. The minimum absolute atomic E-state index is 0. The van der Waals surface area contributed by atoms with Gasteiger partial charge in [0, 0.05) is 44.1 Å². The Labute approximate surface area is 415 Å². The first-order valence-corrected chi connectivity index (χ1v) is 23.1. The van der Waals surface area contributed by atoms with Crippen LogP contribution in [0.4, 0.5) is 0 Å². The molecule has 8 aromatic carbocycles. The van der Waals surface area contributed by atoms with Crippen molar-refractivity contribution in [3.63, 3.8) is 0 Å². The number of phenols is 1. The SMILES string of the molecule is Cc1ccc(-n2c(-c3cc(C(C)(C)C)cc(C(C)(C)C)c3O)nc3c(-c4[c-]c(-c5cc(-c6ccc(-c7ccccc7)cc6)ccn5)cc(-c5ccccc5)c4)cccc32)c(-c2ccccc2)c1.[Pt]. The molecule has 4 nitrogen and oxygen atoms in total. The summed E-state index contributed by atoms with van der Waals surface area (Å²) in [6, 6.07) is 70.1. The van der Waals surface area contributed by atoms with Gasteiger partial charge < -0.3 is 5.11 Å². The molecule has 0 aliphatic rings. The van der Waals surface area contributed by atoms with E-state index in [1.807, 2.05) is 18.3 Å². The number of fused-ring (bicyclic) bond motifs is 1. The number of nitrogens with zero attached hydrogens (tertiary/aromatic N) is 3. The zero-order chi connectivity index (χ0) is 46.5. The van der Waals surface area contributed by atoms with E-state index in [4.69, 9.17) is 9.97 Å². The van der Waals surface area contributed by atoms with Crippen molar-refractivity contribution >= 4 is 11.0 Å². The Morgan fingerprint density at radius 3 is 1.71 bits per heavy atom. The molecule has 10 rings (SSSR count). The maximum absolute atomic E-state index is 12.5. The second-order valence-electron chi connectivity index (χ2n) is 19.7. The van der Waals surface area contributed by atoms with E-state index in [0.29, 0.717) is 11.4 Å². The number of hydrogen-bond donors (Lipinski definition) is 1. The van der Waals surface area contributed by atoms with Crippen LogP contribution in [0.25, 0.3) is 95.0 Å². The molecule has 1 N–H and O–H groups in total. The van der Waals surface area contributed by atoms with E-state index in [0.717, 1.165) is 89.2 Å². The van der Waals surface area contributed by atoms with E-state index >= 15 is 0 Å². The van der Waals surface area contributed by atoms with Crippen LogP contribution < -0.4 is 0 Å². The van der Waals surface area contributed by atoms with Crippen LogP contribution in [0.5, 0.6) is 5.75 Å². The van der Waals surface area contributed by atoms with Gasteiger partial charge in [-0.25, -0.2) is 4.98 Å². The van der Waals surface area contributed by atoms with Crippen LogP contribution >= 0.6 is 0 Å². The second-order valence-corrected chi connectivity index (χ2v) is 19.7. The Morgan fingerprint density at radius 2 is 1.07 bits per heavy atom. The van der Waals surface area contributed by atoms with Crippen molar-refractivity contribution in [2.75, 3.05) is 0 Å². The summed E-state index contributed by atoms with van der Waals surface area (Å²) in [6.07, 6.45) is 1.89. The molecular weight excluding hydrogens is 1010 g/mol. The monoisotopic (exact) mass is 1060 g/mol. The first-order chi connectivity index (χ1) is 32.3. The predicted molar refractivity (Wildman–Crippen MR) is 280 cm³/mol. The zero-order valence-corrected chi connectivity index (χ0v) is 41.9. The Hall–Kier alpha value is -7.13. The number of pyridine rings is 1. The van der Waals surface area contributed by atoms with E-state index in [-0.39, 0.29) is 37.6 Å². The standard InChI is InChI=1S/C63H54N3O.Pt/c1-41-26-31-57(53(34-41)46-22-15-10-16-23-46)66-58-25-17-24-52(59(58)65-61(66)54-39-51(62(2,3)4)40-55(60(54)67)63(5,6)7)49-35-48(43-20-13-9-14-21-43)36-50(37-49)56-38-47(32-33-64-56)45-29-27-44(28-30-45)42-18-11-8-12-19-42;/h8-36,38-40,67H,1-7H3;/q-1;. The quantitative estimate of drug-likeness (QED) is 0.154. The van der Waals surface area contributed by atoms with Gasteiger partial charge in [-0.3, -0.25) is 9.55 Å². The van der Waals surface area contributed by atoms with Crippen molar-refractivity contribution in [3.05, 3.63) is 217 Å². The summed E-state index contributed by atoms with van der Waals surface area (Å²) in [5.41, 5.74) is 18.5. The number of para-hydroxylation sites is 1. The van der Waals surface area contributed by atoms with Gasteiger partial charge in [0.2, 0.25) is 0 Å². The molecule has 68 heavy (non-hydrogen) atoms. The molecule has 0 saturated heterocycles. The van der Waals surface area contributed by atoms with Crippen molar-refractivity contribution in [1.29, 1.82) is 0 Å². The van der Waals surface area contributed by atoms with Gasteiger partial charge in [0.25, 0.3) is 0 Å². The van der Waals surface area contributed by atoms with Gasteiger partial charge in [-0.05, 0) is 87.0 Å². The number of imidazole rings is 1. The van der Waals surface area contributed by atoms with Crippen LogP contribution in [-0.2, 0) is 31.9 Å². The summed E-state index contributed by atoms with van der Waals surface area (Å²) in [7, 11) is 0. The number of phenolic OH excluding ortho intramolecular Hbond substituents is 1. The second kappa shape index (κ2) is 18.5. The smallest absolute Gasteiger partial charge is 0.148 e. The van der Waals surface area contributed by atoms with Crippen LogP contribution in [0.1, 0.15) is 58.2 Å². The molecule has 0 spiro atoms. The fraction of sp³-hybridized carbons (Fsp3) is 0.143. The number of hydrogen-bond acceptors (Lipinski definition) is 3. The molecule has 0 radical (unpaired) electrons. The van der Waals surface area contributed by atoms with Gasteiger partial charge in [0.15, 0.2) is 0 Å². The molecule has 0 aliphatic carbocycles. The third-order valence-electron chi connectivity index (χ3n) is 12.8. The van der Waals surface area contributed by atoms with Crippen LogP contribution in [-0.4, -0.2) is 19.6 Å². The van der Waals surface area contributed by atoms with Crippen molar-refractivity contribution in [2.45, 2.75) is 59.3 Å². The third-order valence-corrected chi connectivity index (χ3v) is 12.8. The maximum atomic E-state index is 12.5. The molecule has 2 aromatic heterocycles. The normalized spacial score (nSPS) is 11.7. The molecule has 0 amide bonds. The number of aryl methyl sites for hydroxylation is 1. The number of rotatable bonds is 8. The van der Waals surface area contributed by atoms with E-state index in [9.17, 15) is 5.11 Å². The molecule has 0 saturated carbocycles. The minimum atomic E-state index is -0.332. The first kappa shape index (κ1) is 46.0. The Morgan fingerprint density at radius 1 is 0.485 bits per heavy atom. The summed E-state index contributed by atoms with van der Waals surface area (Å²) in [5, 5.41) is 12.5. The minimum Gasteiger partial charge on any atom is -0.507 e. The van der Waals surface area contributed by atoms with Crippen molar-refractivity contribution in [2.24, 2.45) is 0 Å². The van der Waals surface area contributed by atoms with Crippen molar-refractivity contribution in [1.82, 2.24) is 14.5 Å². The van der Waals surface area contributed by atoms with Crippen molar-refractivity contribution in [3.8, 4) is 89.7 Å². The molecule has 0 atom stereocenters. The molecule has 2 heterocycles. The maximum Gasteiger partial charge on any atom is 0.148 e.